The highest BCUT2D eigenvalue weighted by atomic mass is 35.5. The van der Waals surface area contributed by atoms with E-state index in [4.69, 9.17) is 27.9 Å². The number of halogens is 2. The van der Waals surface area contributed by atoms with Crippen LogP contribution >= 0.6 is 34.5 Å². The number of para-hydroxylation sites is 1. The average molecular weight is 444 g/mol. The van der Waals surface area contributed by atoms with Gasteiger partial charge >= 0.3 is 0 Å². The Morgan fingerprint density at radius 3 is 2.34 bits per heavy atom. The highest BCUT2D eigenvalue weighted by Gasteiger charge is 2.19. The number of hydrogen-bond donors (Lipinski definition) is 1. The van der Waals surface area contributed by atoms with E-state index in [-0.39, 0.29) is 0 Å². The third-order valence-electron chi connectivity index (χ3n) is 4.50. The summed E-state index contributed by atoms with van der Waals surface area (Å²) in [6.45, 7) is 6.59. The SMILES string of the molecule is CCOc1ccc(-c2c(C)sc3nc(C)nc(Nc4c(Cl)cccc4Cl)c23)cc1. The van der Waals surface area contributed by atoms with Crippen molar-refractivity contribution >= 4 is 56.3 Å². The topological polar surface area (TPSA) is 47.0 Å². The van der Waals surface area contributed by atoms with E-state index in [0.29, 0.717) is 34.0 Å². The van der Waals surface area contributed by atoms with Gasteiger partial charge in [-0.1, -0.05) is 41.4 Å². The van der Waals surface area contributed by atoms with Crippen LogP contribution in [-0.4, -0.2) is 16.6 Å². The highest BCUT2D eigenvalue weighted by Crippen LogP contribution is 2.43. The maximum Gasteiger partial charge on any atom is 0.143 e. The minimum Gasteiger partial charge on any atom is -0.494 e. The Hall–Kier alpha value is -2.34. The maximum atomic E-state index is 6.38. The molecule has 0 saturated carbocycles. The molecule has 29 heavy (non-hydrogen) atoms. The normalized spacial score (nSPS) is 11.1. The first-order chi connectivity index (χ1) is 14.0. The van der Waals surface area contributed by atoms with Crippen molar-refractivity contribution in [3.05, 3.63) is 63.2 Å². The molecule has 2 aromatic carbocycles. The van der Waals surface area contributed by atoms with Crippen LogP contribution in [0.15, 0.2) is 42.5 Å². The Morgan fingerprint density at radius 1 is 1.00 bits per heavy atom. The van der Waals surface area contributed by atoms with E-state index in [9.17, 15) is 0 Å². The van der Waals surface area contributed by atoms with Gasteiger partial charge in [-0.3, -0.25) is 0 Å². The van der Waals surface area contributed by atoms with Crippen LogP contribution in [0.5, 0.6) is 5.75 Å². The second-order valence-electron chi connectivity index (χ2n) is 6.51. The van der Waals surface area contributed by atoms with Gasteiger partial charge in [0.25, 0.3) is 0 Å². The van der Waals surface area contributed by atoms with Gasteiger partial charge in [0.15, 0.2) is 0 Å². The summed E-state index contributed by atoms with van der Waals surface area (Å²) >= 11 is 14.4. The summed E-state index contributed by atoms with van der Waals surface area (Å²) in [7, 11) is 0. The molecule has 148 valence electrons. The molecule has 1 N–H and O–H groups in total. The average Bonchev–Trinajstić information content (AvgIpc) is 3.01. The Balaban J connectivity index is 1.89. The van der Waals surface area contributed by atoms with E-state index in [0.717, 1.165) is 32.0 Å². The van der Waals surface area contributed by atoms with E-state index in [1.807, 2.05) is 32.0 Å². The fraction of sp³-hybridized carbons (Fsp3) is 0.182. The van der Waals surface area contributed by atoms with Crippen molar-refractivity contribution in [3.63, 3.8) is 0 Å². The zero-order chi connectivity index (χ0) is 20.5. The summed E-state index contributed by atoms with van der Waals surface area (Å²) in [6, 6.07) is 13.5. The first-order valence-corrected chi connectivity index (χ1v) is 10.8. The second-order valence-corrected chi connectivity index (χ2v) is 8.53. The third-order valence-corrected chi connectivity index (χ3v) is 6.13. The maximum absolute atomic E-state index is 6.38. The van der Waals surface area contributed by atoms with Gasteiger partial charge in [0.1, 0.15) is 22.2 Å². The Bertz CT molecular complexity index is 1170. The van der Waals surface area contributed by atoms with Gasteiger partial charge in [0, 0.05) is 10.4 Å². The second kappa shape index (κ2) is 8.19. The first-order valence-electron chi connectivity index (χ1n) is 9.20. The van der Waals surface area contributed by atoms with Crippen molar-refractivity contribution in [2.45, 2.75) is 20.8 Å². The summed E-state index contributed by atoms with van der Waals surface area (Å²) in [5, 5.41) is 5.38. The molecule has 2 heterocycles. The number of aromatic nitrogens is 2. The van der Waals surface area contributed by atoms with Crippen LogP contribution in [0.1, 0.15) is 17.6 Å². The summed E-state index contributed by atoms with van der Waals surface area (Å²) in [5.41, 5.74) is 2.81. The van der Waals surface area contributed by atoms with Crippen molar-refractivity contribution in [1.82, 2.24) is 9.97 Å². The molecule has 0 aliphatic rings. The lowest BCUT2D eigenvalue weighted by molar-refractivity contribution is 0.340. The van der Waals surface area contributed by atoms with Gasteiger partial charge in [-0.15, -0.1) is 11.3 Å². The number of anilines is 2. The highest BCUT2D eigenvalue weighted by molar-refractivity contribution is 7.19. The van der Waals surface area contributed by atoms with E-state index < -0.39 is 0 Å². The molecule has 0 amide bonds. The molecule has 0 radical (unpaired) electrons. The largest absolute Gasteiger partial charge is 0.494 e. The molecule has 0 saturated heterocycles. The minimum absolute atomic E-state index is 0.538. The number of nitrogens with one attached hydrogen (secondary N) is 1. The van der Waals surface area contributed by atoms with E-state index in [1.54, 1.807) is 23.5 Å². The lowest BCUT2D eigenvalue weighted by Crippen LogP contribution is -1.99. The smallest absolute Gasteiger partial charge is 0.143 e. The Labute approximate surface area is 183 Å². The van der Waals surface area contributed by atoms with Gasteiger partial charge in [-0.25, -0.2) is 9.97 Å². The van der Waals surface area contributed by atoms with Gasteiger partial charge in [-0.05, 0) is 50.6 Å². The molecule has 7 heteroatoms. The first kappa shape index (κ1) is 20.0. The molecular formula is C22H19Cl2N3OS. The number of ether oxygens (including phenoxy) is 1. The van der Waals surface area contributed by atoms with Gasteiger partial charge < -0.3 is 10.1 Å². The fourth-order valence-electron chi connectivity index (χ4n) is 3.28. The summed E-state index contributed by atoms with van der Waals surface area (Å²) < 4.78 is 5.58. The molecule has 4 aromatic rings. The van der Waals surface area contributed by atoms with Gasteiger partial charge in [0.2, 0.25) is 0 Å². The van der Waals surface area contributed by atoms with Crippen LogP contribution in [0.3, 0.4) is 0 Å². The molecule has 0 aliphatic carbocycles. The van der Waals surface area contributed by atoms with Gasteiger partial charge in [0.05, 0.1) is 27.7 Å². The van der Waals surface area contributed by atoms with Crippen LogP contribution in [-0.2, 0) is 0 Å². The number of fused-ring (bicyclic) bond motifs is 1. The zero-order valence-electron chi connectivity index (χ0n) is 16.2. The molecule has 0 aliphatic heterocycles. The number of rotatable bonds is 5. The number of aryl methyl sites for hydroxylation is 2. The van der Waals surface area contributed by atoms with E-state index in [1.165, 1.54) is 0 Å². The van der Waals surface area contributed by atoms with Crippen LogP contribution < -0.4 is 10.1 Å². The van der Waals surface area contributed by atoms with Gasteiger partial charge in [-0.2, -0.15) is 0 Å². The van der Waals surface area contributed by atoms with Crippen LogP contribution in [0.4, 0.5) is 11.5 Å². The molecule has 0 spiro atoms. The Morgan fingerprint density at radius 2 is 1.69 bits per heavy atom. The van der Waals surface area contributed by atoms with Crippen molar-refractivity contribution in [2.75, 3.05) is 11.9 Å². The van der Waals surface area contributed by atoms with Crippen LogP contribution in [0.2, 0.25) is 10.0 Å². The predicted octanol–water partition coefficient (Wildman–Crippen LogP) is 7.42. The molecule has 0 atom stereocenters. The predicted molar refractivity (Wildman–Crippen MR) is 123 cm³/mol. The van der Waals surface area contributed by atoms with Crippen molar-refractivity contribution in [1.29, 1.82) is 0 Å². The van der Waals surface area contributed by atoms with Crippen molar-refractivity contribution in [2.24, 2.45) is 0 Å². The van der Waals surface area contributed by atoms with Crippen LogP contribution in [0.25, 0.3) is 21.3 Å². The molecule has 4 nitrogen and oxygen atoms in total. The van der Waals surface area contributed by atoms with E-state index >= 15 is 0 Å². The molecule has 2 aromatic heterocycles. The number of hydrogen-bond acceptors (Lipinski definition) is 5. The molecular weight excluding hydrogens is 425 g/mol. The molecule has 0 bridgehead atoms. The van der Waals surface area contributed by atoms with E-state index in [2.05, 4.69) is 34.3 Å². The zero-order valence-corrected chi connectivity index (χ0v) is 18.5. The third kappa shape index (κ3) is 3.90. The molecule has 0 fully saturated rings. The van der Waals surface area contributed by atoms with Crippen molar-refractivity contribution < 1.29 is 4.74 Å². The summed E-state index contributed by atoms with van der Waals surface area (Å²) in [5.74, 6) is 2.22. The minimum atomic E-state index is 0.538. The lowest BCUT2D eigenvalue weighted by atomic mass is 10.0. The standard InChI is InChI=1S/C22H19Cl2N3OS/c1-4-28-15-10-8-14(9-11-15)18-12(2)29-22-19(18)21(25-13(3)26-22)27-20-16(23)6-5-7-17(20)24/h5-11H,4H2,1-3H3,(H,25,26,27). The monoisotopic (exact) mass is 443 g/mol. The summed E-state index contributed by atoms with van der Waals surface area (Å²) in [6.07, 6.45) is 0. The number of benzene rings is 2. The lowest BCUT2D eigenvalue weighted by Gasteiger charge is -2.13. The van der Waals surface area contributed by atoms with Crippen LogP contribution in [0, 0.1) is 13.8 Å². The fourth-order valence-corrected chi connectivity index (χ4v) is 4.86. The molecule has 0 unspecified atom stereocenters. The Kier molecular flexibility index (Phi) is 5.63. The molecule has 4 rings (SSSR count). The number of nitrogens with zero attached hydrogens (tertiary/aromatic N) is 2. The quantitative estimate of drug-likeness (QED) is 0.348. The number of thiophene rings is 1. The van der Waals surface area contributed by atoms with Crippen molar-refractivity contribution in [3.8, 4) is 16.9 Å². The summed E-state index contributed by atoms with van der Waals surface area (Å²) in [4.78, 5) is 11.4.